The number of unbranched alkanes of at least 4 members (excludes halogenated alkanes) is 10. The zero-order chi connectivity index (χ0) is 12.6. The SMILES string of the molecule is CCCCCC/C=C/CCCCCCCC[O]. The quantitative estimate of drug-likeness (QED) is 0.291. The molecule has 0 atom stereocenters. The lowest BCUT2D eigenvalue weighted by molar-refractivity contribution is 0.186. The van der Waals surface area contributed by atoms with E-state index in [1.165, 1.54) is 64.2 Å². The molecular formula is C16H31O. The summed E-state index contributed by atoms with van der Waals surface area (Å²) in [6.45, 7) is 2.37. The first kappa shape index (κ1) is 16.7. The summed E-state index contributed by atoms with van der Waals surface area (Å²) in [6, 6.07) is 0. The average molecular weight is 239 g/mol. The van der Waals surface area contributed by atoms with Gasteiger partial charge in [-0.25, -0.2) is 5.11 Å². The van der Waals surface area contributed by atoms with Crippen molar-refractivity contribution in [3.8, 4) is 0 Å². The highest BCUT2D eigenvalue weighted by molar-refractivity contribution is 4.81. The van der Waals surface area contributed by atoms with Gasteiger partial charge in [0.25, 0.3) is 0 Å². The first-order valence-electron chi connectivity index (χ1n) is 7.65. The predicted molar refractivity (Wildman–Crippen MR) is 75.8 cm³/mol. The molecule has 0 rings (SSSR count). The molecule has 0 saturated heterocycles. The van der Waals surface area contributed by atoms with Crippen LogP contribution in [0.25, 0.3) is 0 Å². The second kappa shape index (κ2) is 15.7. The maximum atomic E-state index is 10.2. The van der Waals surface area contributed by atoms with Crippen LogP contribution in [0, 0.1) is 0 Å². The van der Waals surface area contributed by atoms with Gasteiger partial charge in [-0.1, -0.05) is 64.0 Å². The predicted octanol–water partition coefficient (Wildman–Crippen LogP) is 5.67. The minimum absolute atomic E-state index is 0.112. The second-order valence-electron chi connectivity index (χ2n) is 4.93. The van der Waals surface area contributed by atoms with E-state index in [0.717, 1.165) is 12.8 Å². The molecule has 0 unspecified atom stereocenters. The maximum Gasteiger partial charge on any atom is 0.0822 e. The van der Waals surface area contributed by atoms with Gasteiger partial charge in [-0.05, 0) is 32.1 Å². The van der Waals surface area contributed by atoms with Crippen LogP contribution in [-0.4, -0.2) is 6.61 Å². The molecule has 17 heavy (non-hydrogen) atoms. The molecular weight excluding hydrogens is 208 g/mol. The summed E-state index contributed by atoms with van der Waals surface area (Å²) in [5.41, 5.74) is 0. The molecule has 0 aliphatic carbocycles. The summed E-state index contributed by atoms with van der Waals surface area (Å²) < 4.78 is 0. The van der Waals surface area contributed by atoms with Crippen LogP contribution < -0.4 is 0 Å². The zero-order valence-electron chi connectivity index (χ0n) is 11.8. The Balaban J connectivity index is 2.99. The molecule has 0 aromatic carbocycles. The van der Waals surface area contributed by atoms with Crippen LogP contribution in [0.4, 0.5) is 0 Å². The molecule has 0 aromatic heterocycles. The van der Waals surface area contributed by atoms with Crippen molar-refractivity contribution < 1.29 is 5.11 Å². The molecule has 1 nitrogen and oxygen atoms in total. The lowest BCUT2D eigenvalue weighted by atomic mass is 10.1. The highest BCUT2D eigenvalue weighted by atomic mass is 16.2. The lowest BCUT2D eigenvalue weighted by Gasteiger charge is -1.98. The highest BCUT2D eigenvalue weighted by Gasteiger charge is 1.90. The third kappa shape index (κ3) is 15.7. The Kier molecular flexibility index (Phi) is 15.4. The first-order valence-corrected chi connectivity index (χ1v) is 7.65. The van der Waals surface area contributed by atoms with E-state index in [1.54, 1.807) is 0 Å². The summed E-state index contributed by atoms with van der Waals surface area (Å²) in [4.78, 5) is 0. The fourth-order valence-corrected chi connectivity index (χ4v) is 2.00. The van der Waals surface area contributed by atoms with Gasteiger partial charge in [0.05, 0.1) is 6.61 Å². The van der Waals surface area contributed by atoms with Crippen molar-refractivity contribution in [3.63, 3.8) is 0 Å². The van der Waals surface area contributed by atoms with E-state index in [-0.39, 0.29) is 6.61 Å². The standard InChI is InChI=1S/C16H31O/c1-2-3-4-5-6-7-8-9-10-11-12-13-14-15-16-17/h7-8H,2-6,9-16H2,1H3/b8-7+. The Bertz CT molecular complexity index is 152. The summed E-state index contributed by atoms with van der Waals surface area (Å²) in [5, 5.41) is 10.2. The van der Waals surface area contributed by atoms with E-state index < -0.39 is 0 Å². The molecule has 0 fully saturated rings. The molecule has 0 aliphatic heterocycles. The van der Waals surface area contributed by atoms with Crippen molar-refractivity contribution in [2.75, 3.05) is 6.61 Å². The largest absolute Gasteiger partial charge is 0.237 e. The Morgan fingerprint density at radius 1 is 0.647 bits per heavy atom. The van der Waals surface area contributed by atoms with Crippen LogP contribution >= 0.6 is 0 Å². The number of hydrogen-bond acceptors (Lipinski definition) is 0. The number of rotatable bonds is 13. The van der Waals surface area contributed by atoms with E-state index >= 15 is 0 Å². The van der Waals surface area contributed by atoms with E-state index in [2.05, 4.69) is 19.1 Å². The minimum Gasteiger partial charge on any atom is -0.237 e. The van der Waals surface area contributed by atoms with Crippen molar-refractivity contribution in [2.45, 2.75) is 84.0 Å². The number of allylic oxidation sites excluding steroid dienone is 2. The van der Waals surface area contributed by atoms with E-state index in [1.807, 2.05) is 0 Å². The van der Waals surface area contributed by atoms with Gasteiger partial charge < -0.3 is 0 Å². The van der Waals surface area contributed by atoms with Gasteiger partial charge in [0.1, 0.15) is 0 Å². The molecule has 0 saturated carbocycles. The summed E-state index contributed by atoms with van der Waals surface area (Å²) in [6.07, 6.45) is 19.9. The molecule has 0 heterocycles. The molecule has 0 aromatic rings. The van der Waals surface area contributed by atoms with Crippen LogP contribution in [0.2, 0.25) is 0 Å². The Hall–Kier alpha value is -0.300. The number of hydrogen-bond donors (Lipinski definition) is 0. The van der Waals surface area contributed by atoms with Crippen LogP contribution in [-0.2, 0) is 5.11 Å². The van der Waals surface area contributed by atoms with Crippen molar-refractivity contribution in [1.29, 1.82) is 0 Å². The average Bonchev–Trinajstić information content (AvgIpc) is 2.35. The molecule has 1 radical (unpaired) electrons. The van der Waals surface area contributed by atoms with Gasteiger partial charge >= 0.3 is 0 Å². The monoisotopic (exact) mass is 239 g/mol. The smallest absolute Gasteiger partial charge is 0.0822 e. The zero-order valence-corrected chi connectivity index (χ0v) is 11.8. The highest BCUT2D eigenvalue weighted by Crippen LogP contribution is 2.08. The van der Waals surface area contributed by atoms with Gasteiger partial charge in [0, 0.05) is 0 Å². The van der Waals surface area contributed by atoms with Crippen LogP contribution in [0.3, 0.4) is 0 Å². The van der Waals surface area contributed by atoms with Gasteiger partial charge in [0.15, 0.2) is 0 Å². The molecule has 0 bridgehead atoms. The molecule has 0 spiro atoms. The Morgan fingerprint density at radius 2 is 1.12 bits per heavy atom. The fourth-order valence-electron chi connectivity index (χ4n) is 2.00. The van der Waals surface area contributed by atoms with Crippen LogP contribution in [0.15, 0.2) is 12.2 Å². The third-order valence-corrected chi connectivity index (χ3v) is 3.16. The van der Waals surface area contributed by atoms with Crippen molar-refractivity contribution in [2.24, 2.45) is 0 Å². The molecule has 0 N–H and O–H groups in total. The van der Waals surface area contributed by atoms with E-state index in [4.69, 9.17) is 0 Å². The topological polar surface area (TPSA) is 19.9 Å². The molecule has 1 heteroatoms. The third-order valence-electron chi connectivity index (χ3n) is 3.16. The van der Waals surface area contributed by atoms with Crippen LogP contribution in [0.5, 0.6) is 0 Å². The van der Waals surface area contributed by atoms with Crippen molar-refractivity contribution in [3.05, 3.63) is 12.2 Å². The lowest BCUT2D eigenvalue weighted by Crippen LogP contribution is -1.82. The minimum atomic E-state index is 0.112. The van der Waals surface area contributed by atoms with Gasteiger partial charge in [-0.3, -0.25) is 0 Å². The van der Waals surface area contributed by atoms with Gasteiger partial charge in [0.2, 0.25) is 0 Å². The van der Waals surface area contributed by atoms with Gasteiger partial charge in [-0.15, -0.1) is 0 Å². The van der Waals surface area contributed by atoms with E-state index in [0.29, 0.717) is 0 Å². The first-order chi connectivity index (χ1) is 8.41. The van der Waals surface area contributed by atoms with E-state index in [9.17, 15) is 5.11 Å². The van der Waals surface area contributed by atoms with Crippen LogP contribution in [0.1, 0.15) is 84.0 Å². The normalized spacial score (nSPS) is 11.4. The Morgan fingerprint density at radius 3 is 1.65 bits per heavy atom. The fraction of sp³-hybridized carbons (Fsp3) is 0.875. The molecule has 0 amide bonds. The second-order valence-corrected chi connectivity index (χ2v) is 4.93. The molecule has 0 aliphatic rings. The summed E-state index contributed by atoms with van der Waals surface area (Å²) in [5.74, 6) is 0. The van der Waals surface area contributed by atoms with Crippen molar-refractivity contribution >= 4 is 0 Å². The van der Waals surface area contributed by atoms with Gasteiger partial charge in [-0.2, -0.15) is 0 Å². The maximum absolute atomic E-state index is 10.2. The summed E-state index contributed by atoms with van der Waals surface area (Å²) in [7, 11) is 0. The summed E-state index contributed by atoms with van der Waals surface area (Å²) >= 11 is 0. The van der Waals surface area contributed by atoms with Crippen molar-refractivity contribution in [1.82, 2.24) is 0 Å². The Labute approximate surface area is 108 Å². The molecule has 101 valence electrons.